The first-order valence-corrected chi connectivity index (χ1v) is 9.91. The molecule has 0 aliphatic heterocycles. The van der Waals surface area contributed by atoms with E-state index in [2.05, 4.69) is 32.6 Å². The van der Waals surface area contributed by atoms with Crippen LogP contribution in [-0.2, 0) is 4.79 Å². The molecule has 0 spiro atoms. The fraction of sp³-hybridized carbons (Fsp3) is 0.0455. The van der Waals surface area contributed by atoms with Crippen molar-refractivity contribution in [3.8, 4) is 11.1 Å². The molecule has 1 aliphatic rings. The minimum atomic E-state index is -0.167. The molecule has 0 saturated heterocycles. The van der Waals surface area contributed by atoms with Crippen molar-refractivity contribution in [2.75, 3.05) is 5.75 Å². The van der Waals surface area contributed by atoms with Gasteiger partial charge in [-0.3, -0.25) is 4.79 Å². The van der Waals surface area contributed by atoms with E-state index < -0.39 is 0 Å². The number of imidazole rings is 1. The Labute approximate surface area is 165 Å². The van der Waals surface area contributed by atoms with Crippen LogP contribution in [0.5, 0.6) is 0 Å². The molecule has 5 nitrogen and oxygen atoms in total. The van der Waals surface area contributed by atoms with E-state index in [4.69, 9.17) is 0 Å². The lowest BCUT2D eigenvalue weighted by atomic mass is 10.1. The Balaban J connectivity index is 1.32. The molecule has 1 amide bonds. The van der Waals surface area contributed by atoms with Crippen molar-refractivity contribution in [1.82, 2.24) is 15.4 Å². The molecule has 2 N–H and O–H groups in total. The molecule has 3 aromatic carbocycles. The molecule has 1 aromatic heterocycles. The Kier molecular flexibility index (Phi) is 4.18. The molecule has 0 unspecified atom stereocenters. The molecule has 136 valence electrons. The maximum Gasteiger partial charge on any atom is 0.250 e. The van der Waals surface area contributed by atoms with Gasteiger partial charge in [-0.15, -0.1) is 0 Å². The number of rotatable bonds is 4. The molecule has 6 heteroatoms. The minimum Gasteiger partial charge on any atom is -0.333 e. The summed E-state index contributed by atoms with van der Waals surface area (Å²) in [7, 11) is 0. The number of carbonyl (C=O) groups excluding carboxylic acids is 1. The molecule has 0 bridgehead atoms. The summed E-state index contributed by atoms with van der Waals surface area (Å²) >= 11 is 1.36. The van der Waals surface area contributed by atoms with Crippen molar-refractivity contribution in [2.45, 2.75) is 5.16 Å². The smallest absolute Gasteiger partial charge is 0.250 e. The summed E-state index contributed by atoms with van der Waals surface area (Å²) in [5.74, 6) is 0.0692. The first-order valence-electron chi connectivity index (χ1n) is 8.93. The van der Waals surface area contributed by atoms with Gasteiger partial charge in [0.1, 0.15) is 0 Å². The number of hydrogen-bond donors (Lipinski definition) is 2. The largest absolute Gasteiger partial charge is 0.333 e. The van der Waals surface area contributed by atoms with Crippen molar-refractivity contribution in [3.63, 3.8) is 0 Å². The summed E-state index contributed by atoms with van der Waals surface area (Å²) in [5, 5.41) is 5.16. The van der Waals surface area contributed by atoms with Gasteiger partial charge in [-0.1, -0.05) is 72.4 Å². The Bertz CT molecular complexity index is 1150. The van der Waals surface area contributed by atoms with Crippen LogP contribution in [0.1, 0.15) is 11.1 Å². The zero-order valence-corrected chi connectivity index (χ0v) is 15.7. The highest BCUT2D eigenvalue weighted by atomic mass is 32.2. The molecular weight excluding hydrogens is 368 g/mol. The van der Waals surface area contributed by atoms with Gasteiger partial charge in [-0.05, 0) is 23.3 Å². The van der Waals surface area contributed by atoms with E-state index in [0.717, 1.165) is 44.2 Å². The number of carbonyl (C=O) groups is 1. The van der Waals surface area contributed by atoms with Crippen LogP contribution >= 0.6 is 11.8 Å². The van der Waals surface area contributed by atoms with Gasteiger partial charge < -0.3 is 4.98 Å². The van der Waals surface area contributed by atoms with Crippen molar-refractivity contribution >= 4 is 34.4 Å². The monoisotopic (exact) mass is 384 g/mol. The highest BCUT2D eigenvalue weighted by molar-refractivity contribution is 7.99. The number of amides is 1. The van der Waals surface area contributed by atoms with Crippen LogP contribution in [-0.4, -0.2) is 27.3 Å². The summed E-state index contributed by atoms with van der Waals surface area (Å²) in [6, 6.07) is 24.0. The molecule has 5 rings (SSSR count). The normalized spacial score (nSPS) is 11.9. The fourth-order valence-corrected chi connectivity index (χ4v) is 4.07. The van der Waals surface area contributed by atoms with Crippen LogP contribution in [0.4, 0.5) is 0 Å². The topological polar surface area (TPSA) is 70.1 Å². The average Bonchev–Trinajstić information content (AvgIpc) is 3.29. The number of thioether (sulfide) groups is 1. The van der Waals surface area contributed by atoms with E-state index >= 15 is 0 Å². The summed E-state index contributed by atoms with van der Waals surface area (Å²) in [4.78, 5) is 20.0. The summed E-state index contributed by atoms with van der Waals surface area (Å²) in [6.45, 7) is 0. The standard InChI is InChI=1S/C22H16N4OS/c27-20(13-28-22-23-18-11-5-6-12-19(18)24-22)25-26-21-16-9-3-1-7-14(16)15-8-2-4-10-17(15)21/h1-12H,13H2,(H,23,24)(H,25,27). The number of H-pyrrole nitrogens is 1. The molecule has 0 saturated carbocycles. The van der Waals surface area contributed by atoms with E-state index in [1.165, 1.54) is 11.8 Å². The van der Waals surface area contributed by atoms with Crippen LogP contribution in [0.2, 0.25) is 0 Å². The number of hydrazone groups is 1. The van der Waals surface area contributed by atoms with Gasteiger partial charge in [-0.25, -0.2) is 10.4 Å². The molecule has 0 fully saturated rings. The van der Waals surface area contributed by atoms with Crippen molar-refractivity contribution in [3.05, 3.63) is 83.9 Å². The number of aromatic amines is 1. The second kappa shape index (κ2) is 6.98. The van der Waals surface area contributed by atoms with Crippen LogP contribution in [0.3, 0.4) is 0 Å². The first-order chi connectivity index (χ1) is 13.8. The molecule has 1 aliphatic carbocycles. The lowest BCUT2D eigenvalue weighted by Crippen LogP contribution is -2.21. The number of nitrogens with one attached hydrogen (secondary N) is 2. The lowest BCUT2D eigenvalue weighted by molar-refractivity contribution is -0.118. The summed E-state index contributed by atoms with van der Waals surface area (Å²) in [5.41, 5.74) is 9.71. The Morgan fingerprint density at radius 1 is 0.893 bits per heavy atom. The lowest BCUT2D eigenvalue weighted by Gasteiger charge is -2.03. The number of hydrogen-bond acceptors (Lipinski definition) is 4. The predicted octanol–water partition coefficient (Wildman–Crippen LogP) is 4.20. The van der Waals surface area contributed by atoms with Crippen molar-refractivity contribution in [1.29, 1.82) is 0 Å². The quantitative estimate of drug-likeness (QED) is 0.360. The number of benzene rings is 3. The maximum atomic E-state index is 12.3. The van der Waals surface area contributed by atoms with Crippen LogP contribution in [0.25, 0.3) is 22.2 Å². The van der Waals surface area contributed by atoms with E-state index in [-0.39, 0.29) is 11.7 Å². The zero-order valence-electron chi connectivity index (χ0n) is 14.8. The second-order valence-electron chi connectivity index (χ2n) is 6.43. The molecule has 28 heavy (non-hydrogen) atoms. The Hall–Kier alpha value is -3.38. The third-order valence-electron chi connectivity index (χ3n) is 4.65. The Morgan fingerprint density at radius 3 is 2.18 bits per heavy atom. The summed E-state index contributed by atoms with van der Waals surface area (Å²) in [6.07, 6.45) is 0. The van der Waals surface area contributed by atoms with Crippen LogP contribution < -0.4 is 5.43 Å². The number of fused-ring (bicyclic) bond motifs is 4. The Morgan fingerprint density at radius 2 is 1.50 bits per heavy atom. The van der Waals surface area contributed by atoms with Crippen LogP contribution in [0.15, 0.2) is 83.1 Å². The van der Waals surface area contributed by atoms with Gasteiger partial charge in [0.2, 0.25) is 0 Å². The number of nitrogens with zero attached hydrogens (tertiary/aromatic N) is 2. The van der Waals surface area contributed by atoms with E-state index in [9.17, 15) is 4.79 Å². The summed E-state index contributed by atoms with van der Waals surface area (Å²) < 4.78 is 0. The SMILES string of the molecule is O=C(CSc1nc2ccccc2[nH]1)NN=C1c2ccccc2-c2ccccc21. The second-order valence-corrected chi connectivity index (χ2v) is 7.40. The average molecular weight is 384 g/mol. The van der Waals surface area contributed by atoms with Gasteiger partial charge in [0, 0.05) is 11.1 Å². The highest BCUT2D eigenvalue weighted by Crippen LogP contribution is 2.36. The van der Waals surface area contributed by atoms with E-state index in [0.29, 0.717) is 0 Å². The van der Waals surface area contributed by atoms with Gasteiger partial charge in [0.05, 0.1) is 22.5 Å². The van der Waals surface area contributed by atoms with Crippen molar-refractivity contribution in [2.24, 2.45) is 5.10 Å². The fourth-order valence-electron chi connectivity index (χ4n) is 3.40. The molecule has 1 heterocycles. The third-order valence-corrected chi connectivity index (χ3v) is 5.53. The van der Waals surface area contributed by atoms with Gasteiger partial charge in [-0.2, -0.15) is 5.10 Å². The molecule has 0 radical (unpaired) electrons. The molecule has 4 aromatic rings. The number of para-hydroxylation sites is 2. The number of aromatic nitrogens is 2. The first kappa shape index (κ1) is 16.8. The van der Waals surface area contributed by atoms with Gasteiger partial charge in [0.25, 0.3) is 5.91 Å². The predicted molar refractivity (Wildman–Crippen MR) is 112 cm³/mol. The molecular formula is C22H16N4OS. The molecule has 0 atom stereocenters. The maximum absolute atomic E-state index is 12.3. The van der Waals surface area contributed by atoms with E-state index in [1.807, 2.05) is 60.7 Å². The van der Waals surface area contributed by atoms with Gasteiger partial charge >= 0.3 is 0 Å². The van der Waals surface area contributed by atoms with Crippen LogP contribution in [0, 0.1) is 0 Å². The minimum absolute atomic E-state index is 0.167. The highest BCUT2D eigenvalue weighted by Gasteiger charge is 2.24. The van der Waals surface area contributed by atoms with E-state index in [1.54, 1.807) is 0 Å². The zero-order chi connectivity index (χ0) is 18.9. The van der Waals surface area contributed by atoms with Crippen molar-refractivity contribution < 1.29 is 4.79 Å². The third kappa shape index (κ3) is 2.97. The van der Waals surface area contributed by atoms with Gasteiger partial charge in [0.15, 0.2) is 5.16 Å².